The Balaban J connectivity index is 1.41. The molecule has 1 aromatic heterocycles. The van der Waals surface area contributed by atoms with Crippen LogP contribution in [0.1, 0.15) is 36.0 Å². The minimum Gasteiger partial charge on any atom is -0.337 e. The maximum absolute atomic E-state index is 12.8. The number of carbonyl (C=O) groups is 1. The molecule has 0 spiro atoms. The van der Waals surface area contributed by atoms with Crippen molar-refractivity contribution in [2.24, 2.45) is 0 Å². The van der Waals surface area contributed by atoms with E-state index in [-0.39, 0.29) is 5.91 Å². The quantitative estimate of drug-likeness (QED) is 0.852. The third-order valence-corrected chi connectivity index (χ3v) is 5.14. The highest BCUT2D eigenvalue weighted by Gasteiger charge is 2.27. The van der Waals surface area contributed by atoms with Crippen LogP contribution < -0.4 is 0 Å². The highest BCUT2D eigenvalue weighted by Crippen LogP contribution is 2.25. The Morgan fingerprint density at radius 3 is 2.50 bits per heavy atom. The maximum atomic E-state index is 12.8. The predicted molar refractivity (Wildman–Crippen MR) is 88.9 cm³/mol. The van der Waals surface area contributed by atoms with E-state index < -0.39 is 0 Å². The van der Waals surface area contributed by atoms with Crippen LogP contribution in [0.25, 0.3) is 5.69 Å². The Kier molecular flexibility index (Phi) is 4.25. The number of rotatable bonds is 3. The standard InChI is InChI=1S/C17H22N6O/c24-17(14-5-7-16(8-6-14)23-13-18-19-20-23)22-10-2-9-21(11-12-22)15-3-1-4-15/h5-8,13,15H,1-4,9-12H2. The van der Waals surface area contributed by atoms with Crippen molar-refractivity contribution in [1.29, 1.82) is 0 Å². The van der Waals surface area contributed by atoms with Crippen molar-refractivity contribution < 1.29 is 4.79 Å². The summed E-state index contributed by atoms with van der Waals surface area (Å²) in [6, 6.07) is 8.22. The summed E-state index contributed by atoms with van der Waals surface area (Å²) in [7, 11) is 0. The first-order chi connectivity index (χ1) is 11.8. The van der Waals surface area contributed by atoms with Crippen molar-refractivity contribution in [3.05, 3.63) is 36.2 Å². The van der Waals surface area contributed by atoms with Gasteiger partial charge in [0.2, 0.25) is 0 Å². The van der Waals surface area contributed by atoms with Gasteiger partial charge in [-0.1, -0.05) is 6.42 Å². The topological polar surface area (TPSA) is 67.2 Å². The van der Waals surface area contributed by atoms with Crippen molar-refractivity contribution in [2.75, 3.05) is 26.2 Å². The lowest BCUT2D eigenvalue weighted by Gasteiger charge is -2.36. The second kappa shape index (κ2) is 6.68. The first-order valence-corrected chi connectivity index (χ1v) is 8.68. The molecular weight excluding hydrogens is 304 g/mol. The number of aromatic nitrogens is 4. The van der Waals surface area contributed by atoms with E-state index in [1.807, 2.05) is 29.2 Å². The molecule has 1 aromatic carbocycles. The second-order valence-electron chi connectivity index (χ2n) is 6.57. The van der Waals surface area contributed by atoms with Crippen LogP contribution in [-0.4, -0.2) is 68.1 Å². The van der Waals surface area contributed by atoms with Crippen molar-refractivity contribution in [3.63, 3.8) is 0 Å². The van der Waals surface area contributed by atoms with E-state index in [4.69, 9.17) is 0 Å². The third-order valence-electron chi connectivity index (χ3n) is 5.14. The Hall–Kier alpha value is -2.28. The van der Waals surface area contributed by atoms with Gasteiger partial charge in [-0.2, -0.15) is 0 Å². The minimum absolute atomic E-state index is 0.119. The molecule has 1 amide bonds. The molecule has 2 fully saturated rings. The van der Waals surface area contributed by atoms with Crippen LogP contribution in [0, 0.1) is 0 Å². The number of amides is 1. The monoisotopic (exact) mass is 326 g/mol. The van der Waals surface area contributed by atoms with Crippen LogP contribution >= 0.6 is 0 Å². The summed E-state index contributed by atoms with van der Waals surface area (Å²) in [5.41, 5.74) is 1.58. The van der Waals surface area contributed by atoms with Gasteiger partial charge in [0, 0.05) is 37.8 Å². The van der Waals surface area contributed by atoms with Gasteiger partial charge in [-0.05, 0) is 54.0 Å². The average molecular weight is 326 g/mol. The lowest BCUT2D eigenvalue weighted by Crippen LogP contribution is -2.42. The number of tetrazole rings is 1. The zero-order chi connectivity index (χ0) is 16.4. The van der Waals surface area contributed by atoms with Gasteiger partial charge in [-0.25, -0.2) is 4.68 Å². The van der Waals surface area contributed by atoms with Crippen molar-refractivity contribution in [3.8, 4) is 5.69 Å². The summed E-state index contributed by atoms with van der Waals surface area (Å²) in [4.78, 5) is 17.3. The van der Waals surface area contributed by atoms with Gasteiger partial charge >= 0.3 is 0 Å². The summed E-state index contributed by atoms with van der Waals surface area (Å²) in [5.74, 6) is 0.119. The number of benzene rings is 1. The van der Waals surface area contributed by atoms with E-state index >= 15 is 0 Å². The van der Waals surface area contributed by atoms with Gasteiger partial charge in [0.15, 0.2) is 0 Å². The fraction of sp³-hybridized carbons (Fsp3) is 0.529. The highest BCUT2D eigenvalue weighted by molar-refractivity contribution is 5.94. The summed E-state index contributed by atoms with van der Waals surface area (Å²) in [6.45, 7) is 3.78. The average Bonchev–Trinajstić information content (AvgIpc) is 3.00. The zero-order valence-electron chi connectivity index (χ0n) is 13.7. The van der Waals surface area contributed by atoms with Gasteiger partial charge in [0.05, 0.1) is 5.69 Å². The molecule has 0 bridgehead atoms. The van der Waals surface area contributed by atoms with Gasteiger partial charge < -0.3 is 4.90 Å². The third kappa shape index (κ3) is 3.03. The lowest BCUT2D eigenvalue weighted by atomic mass is 9.91. The van der Waals surface area contributed by atoms with E-state index in [9.17, 15) is 4.79 Å². The summed E-state index contributed by atoms with van der Waals surface area (Å²) in [5, 5.41) is 11.1. The Morgan fingerprint density at radius 1 is 1.00 bits per heavy atom. The summed E-state index contributed by atoms with van der Waals surface area (Å²) in [6.07, 6.45) is 6.61. The molecule has 0 unspecified atom stereocenters. The van der Waals surface area contributed by atoms with Gasteiger partial charge in [0.1, 0.15) is 6.33 Å². The van der Waals surface area contributed by atoms with Gasteiger partial charge in [-0.3, -0.25) is 9.69 Å². The Bertz CT molecular complexity index is 680. The Labute approximate surface area is 141 Å². The van der Waals surface area contributed by atoms with E-state index in [0.29, 0.717) is 0 Å². The van der Waals surface area contributed by atoms with Crippen LogP contribution in [0.3, 0.4) is 0 Å². The molecule has 24 heavy (non-hydrogen) atoms. The first kappa shape index (κ1) is 15.3. The highest BCUT2D eigenvalue weighted by atomic mass is 16.2. The molecule has 0 atom stereocenters. The van der Waals surface area contributed by atoms with Crippen LogP contribution in [0.2, 0.25) is 0 Å². The summed E-state index contributed by atoms with van der Waals surface area (Å²) < 4.78 is 1.58. The maximum Gasteiger partial charge on any atom is 0.253 e. The molecule has 1 saturated carbocycles. The molecule has 126 valence electrons. The molecule has 2 aromatic rings. The zero-order valence-corrected chi connectivity index (χ0v) is 13.7. The molecule has 0 radical (unpaired) electrons. The molecule has 1 saturated heterocycles. The molecule has 4 rings (SSSR count). The SMILES string of the molecule is O=C(c1ccc(-n2cnnn2)cc1)N1CCCN(C2CCC2)CC1. The van der Waals surface area contributed by atoms with E-state index in [2.05, 4.69) is 20.4 Å². The number of nitrogens with zero attached hydrogens (tertiary/aromatic N) is 6. The predicted octanol–water partition coefficient (Wildman–Crippen LogP) is 1.36. The fourth-order valence-corrected chi connectivity index (χ4v) is 3.48. The molecule has 1 aliphatic heterocycles. The summed E-state index contributed by atoms with van der Waals surface area (Å²) >= 11 is 0. The molecule has 1 aliphatic carbocycles. The Morgan fingerprint density at radius 2 is 1.83 bits per heavy atom. The molecule has 7 heteroatoms. The molecule has 2 aliphatic rings. The van der Waals surface area contributed by atoms with E-state index in [0.717, 1.165) is 49.9 Å². The van der Waals surface area contributed by atoms with Crippen LogP contribution in [0.15, 0.2) is 30.6 Å². The van der Waals surface area contributed by atoms with Crippen LogP contribution in [-0.2, 0) is 0 Å². The van der Waals surface area contributed by atoms with Crippen molar-refractivity contribution in [2.45, 2.75) is 31.7 Å². The van der Waals surface area contributed by atoms with Crippen LogP contribution in [0.4, 0.5) is 0 Å². The number of carbonyl (C=O) groups excluding carboxylic acids is 1. The fourth-order valence-electron chi connectivity index (χ4n) is 3.48. The van der Waals surface area contributed by atoms with E-state index in [1.165, 1.54) is 19.3 Å². The lowest BCUT2D eigenvalue weighted by molar-refractivity contribution is 0.0749. The van der Waals surface area contributed by atoms with Crippen molar-refractivity contribution in [1.82, 2.24) is 30.0 Å². The molecule has 0 N–H and O–H groups in total. The van der Waals surface area contributed by atoms with Crippen molar-refractivity contribution >= 4 is 5.91 Å². The van der Waals surface area contributed by atoms with Gasteiger partial charge in [0.25, 0.3) is 5.91 Å². The minimum atomic E-state index is 0.119. The van der Waals surface area contributed by atoms with E-state index in [1.54, 1.807) is 11.0 Å². The largest absolute Gasteiger partial charge is 0.337 e. The van der Waals surface area contributed by atoms with Gasteiger partial charge in [-0.15, -0.1) is 5.10 Å². The second-order valence-corrected chi connectivity index (χ2v) is 6.57. The van der Waals surface area contributed by atoms with Crippen LogP contribution in [0.5, 0.6) is 0 Å². The molecule has 2 heterocycles. The molecular formula is C17H22N6O. The number of hydrogen-bond acceptors (Lipinski definition) is 5. The molecule has 7 nitrogen and oxygen atoms in total. The smallest absolute Gasteiger partial charge is 0.253 e. The normalized spacial score (nSPS) is 19.8. The number of hydrogen-bond donors (Lipinski definition) is 0. The first-order valence-electron chi connectivity index (χ1n) is 8.68.